The molecule has 0 amide bonds. The van der Waals surface area contributed by atoms with Gasteiger partial charge in [-0.2, -0.15) is 5.10 Å². The van der Waals surface area contributed by atoms with Crippen LogP contribution in [0.2, 0.25) is 5.02 Å². The first-order valence-electron chi connectivity index (χ1n) is 9.99. The van der Waals surface area contributed by atoms with Crippen molar-refractivity contribution in [1.29, 1.82) is 0 Å². The molecule has 0 fully saturated rings. The molecule has 154 valence electrons. The second-order valence-corrected chi connectivity index (χ2v) is 7.92. The van der Waals surface area contributed by atoms with Gasteiger partial charge < -0.3 is 0 Å². The second-order valence-electron chi connectivity index (χ2n) is 7.48. The van der Waals surface area contributed by atoms with E-state index in [0.717, 1.165) is 38.9 Å². The maximum atomic E-state index is 14.8. The maximum absolute atomic E-state index is 14.8. The Morgan fingerprint density at radius 1 is 0.906 bits per heavy atom. The fourth-order valence-corrected chi connectivity index (χ4v) is 4.16. The number of aromatic amines is 1. The molecular weight excluding hydrogens is 425 g/mol. The highest BCUT2D eigenvalue weighted by Crippen LogP contribution is 2.36. The van der Waals surface area contributed by atoms with Gasteiger partial charge in [0, 0.05) is 51.3 Å². The molecule has 0 bridgehead atoms. The standard InChI is InChI=1S/C25H15ClFN5/c26-19-5-6-21(27)20(11-19)24-25(32-8-2-1-3-23(32)31-24)15-4-7-22-16(9-15)10-17(12-28-22)18-13-29-30-14-18/h1-14H,(H,29,30). The zero-order valence-corrected chi connectivity index (χ0v) is 17.4. The molecule has 6 aromatic rings. The number of halogens is 2. The minimum absolute atomic E-state index is 0.363. The van der Waals surface area contributed by atoms with Gasteiger partial charge in [-0.05, 0) is 48.5 Å². The number of fused-ring (bicyclic) bond motifs is 2. The van der Waals surface area contributed by atoms with Crippen molar-refractivity contribution in [3.63, 3.8) is 0 Å². The monoisotopic (exact) mass is 439 g/mol. The van der Waals surface area contributed by atoms with Crippen LogP contribution < -0.4 is 0 Å². The van der Waals surface area contributed by atoms with E-state index >= 15 is 0 Å². The van der Waals surface area contributed by atoms with Crippen molar-refractivity contribution in [2.75, 3.05) is 0 Å². The minimum atomic E-state index is -0.372. The van der Waals surface area contributed by atoms with Crippen molar-refractivity contribution < 1.29 is 4.39 Å². The number of hydrogen-bond donors (Lipinski definition) is 1. The predicted molar refractivity (Wildman–Crippen MR) is 124 cm³/mol. The number of hydrogen-bond acceptors (Lipinski definition) is 3. The van der Waals surface area contributed by atoms with E-state index in [-0.39, 0.29) is 5.82 Å². The van der Waals surface area contributed by atoms with Crippen LogP contribution in [-0.4, -0.2) is 24.6 Å². The van der Waals surface area contributed by atoms with Gasteiger partial charge >= 0.3 is 0 Å². The molecule has 32 heavy (non-hydrogen) atoms. The van der Waals surface area contributed by atoms with Gasteiger partial charge in [-0.3, -0.25) is 14.5 Å². The fraction of sp³-hybridized carbons (Fsp3) is 0. The molecule has 0 saturated carbocycles. The van der Waals surface area contributed by atoms with Crippen molar-refractivity contribution in [1.82, 2.24) is 24.6 Å². The van der Waals surface area contributed by atoms with Crippen LogP contribution in [0, 0.1) is 5.82 Å². The Morgan fingerprint density at radius 2 is 1.81 bits per heavy atom. The summed E-state index contributed by atoms with van der Waals surface area (Å²) in [5.74, 6) is -0.372. The topological polar surface area (TPSA) is 58.9 Å². The molecule has 5 nitrogen and oxygen atoms in total. The summed E-state index contributed by atoms with van der Waals surface area (Å²) in [6, 6.07) is 18.3. The van der Waals surface area contributed by atoms with E-state index in [1.54, 1.807) is 12.3 Å². The van der Waals surface area contributed by atoms with Gasteiger partial charge in [-0.15, -0.1) is 0 Å². The highest BCUT2D eigenvalue weighted by Gasteiger charge is 2.19. The lowest BCUT2D eigenvalue weighted by atomic mass is 10.0. The molecular formula is C25H15ClFN5. The lowest BCUT2D eigenvalue weighted by molar-refractivity contribution is 0.631. The second kappa shape index (κ2) is 7.28. The summed E-state index contributed by atoms with van der Waals surface area (Å²) < 4.78 is 16.8. The van der Waals surface area contributed by atoms with Gasteiger partial charge in [0.15, 0.2) is 0 Å². The first-order valence-corrected chi connectivity index (χ1v) is 10.4. The number of benzene rings is 2. The van der Waals surface area contributed by atoms with E-state index < -0.39 is 0 Å². The van der Waals surface area contributed by atoms with Crippen LogP contribution in [0.1, 0.15) is 0 Å². The molecule has 7 heteroatoms. The Labute approximate surface area is 187 Å². The van der Waals surface area contributed by atoms with Gasteiger partial charge in [-0.25, -0.2) is 9.37 Å². The number of nitrogens with one attached hydrogen (secondary N) is 1. The molecule has 0 aliphatic rings. The molecule has 0 aliphatic carbocycles. The highest BCUT2D eigenvalue weighted by molar-refractivity contribution is 6.30. The number of pyridine rings is 2. The largest absolute Gasteiger partial charge is 0.299 e. The lowest BCUT2D eigenvalue weighted by Gasteiger charge is -2.09. The van der Waals surface area contributed by atoms with Crippen molar-refractivity contribution in [2.24, 2.45) is 0 Å². The van der Waals surface area contributed by atoms with Crippen LogP contribution in [0.25, 0.3) is 50.2 Å². The summed E-state index contributed by atoms with van der Waals surface area (Å²) >= 11 is 6.19. The Kier molecular flexibility index (Phi) is 4.26. The average molecular weight is 440 g/mol. The molecule has 1 N–H and O–H groups in total. The smallest absolute Gasteiger partial charge is 0.137 e. The van der Waals surface area contributed by atoms with E-state index in [2.05, 4.69) is 21.2 Å². The third kappa shape index (κ3) is 3.04. The number of nitrogens with zero attached hydrogens (tertiary/aromatic N) is 4. The molecule has 0 spiro atoms. The van der Waals surface area contributed by atoms with Gasteiger partial charge in [0.05, 0.1) is 17.4 Å². The summed E-state index contributed by atoms with van der Waals surface area (Å²) in [5, 5.41) is 8.27. The van der Waals surface area contributed by atoms with Gasteiger partial charge in [0.25, 0.3) is 0 Å². The fourth-order valence-electron chi connectivity index (χ4n) is 3.98. The molecule has 0 unspecified atom stereocenters. The van der Waals surface area contributed by atoms with Crippen molar-refractivity contribution in [3.8, 4) is 33.6 Å². The molecule has 0 saturated heterocycles. The number of rotatable bonds is 3. The molecule has 0 aliphatic heterocycles. The summed E-state index contributed by atoms with van der Waals surface area (Å²) in [6.07, 6.45) is 7.34. The van der Waals surface area contributed by atoms with Crippen LogP contribution >= 0.6 is 11.6 Å². The first kappa shape index (κ1) is 18.7. The maximum Gasteiger partial charge on any atom is 0.137 e. The summed E-state index contributed by atoms with van der Waals surface area (Å²) in [4.78, 5) is 9.32. The lowest BCUT2D eigenvalue weighted by Crippen LogP contribution is -1.92. The Balaban J connectivity index is 1.61. The third-order valence-electron chi connectivity index (χ3n) is 5.50. The van der Waals surface area contributed by atoms with Gasteiger partial charge in [0.2, 0.25) is 0 Å². The minimum Gasteiger partial charge on any atom is -0.299 e. The van der Waals surface area contributed by atoms with Gasteiger partial charge in [-0.1, -0.05) is 23.7 Å². The SMILES string of the molecule is Fc1ccc(Cl)cc1-c1nc2ccccn2c1-c1ccc2ncc(-c3cn[nH]c3)cc2c1. The van der Waals surface area contributed by atoms with E-state index in [9.17, 15) is 4.39 Å². The van der Waals surface area contributed by atoms with E-state index in [1.807, 2.05) is 59.4 Å². The number of imidazole rings is 1. The Hall–Kier alpha value is -4.03. The van der Waals surface area contributed by atoms with Crippen molar-refractivity contribution in [2.45, 2.75) is 0 Å². The third-order valence-corrected chi connectivity index (χ3v) is 5.73. The number of H-pyrrole nitrogens is 1. The molecule has 0 atom stereocenters. The Bertz CT molecular complexity index is 1600. The predicted octanol–water partition coefficient (Wildman–Crippen LogP) is 6.40. The van der Waals surface area contributed by atoms with Crippen LogP contribution in [0.4, 0.5) is 4.39 Å². The number of aromatic nitrogens is 5. The molecule has 6 rings (SSSR count). The molecule has 4 heterocycles. The van der Waals surface area contributed by atoms with Crippen LogP contribution in [-0.2, 0) is 0 Å². The van der Waals surface area contributed by atoms with Crippen molar-refractivity contribution in [3.05, 3.63) is 96.3 Å². The van der Waals surface area contributed by atoms with Crippen LogP contribution in [0.3, 0.4) is 0 Å². The first-order chi connectivity index (χ1) is 15.7. The zero-order chi connectivity index (χ0) is 21.7. The molecule has 4 aromatic heterocycles. The summed E-state index contributed by atoms with van der Waals surface area (Å²) in [5.41, 5.74) is 6.10. The quantitative estimate of drug-likeness (QED) is 0.347. The molecule has 2 aromatic carbocycles. The zero-order valence-electron chi connectivity index (χ0n) is 16.6. The Morgan fingerprint density at radius 3 is 2.69 bits per heavy atom. The highest BCUT2D eigenvalue weighted by atomic mass is 35.5. The summed E-state index contributed by atoms with van der Waals surface area (Å²) in [6.45, 7) is 0. The van der Waals surface area contributed by atoms with Crippen molar-refractivity contribution >= 4 is 28.2 Å². The van der Waals surface area contributed by atoms with E-state index in [1.165, 1.54) is 12.1 Å². The molecule has 0 radical (unpaired) electrons. The summed E-state index contributed by atoms with van der Waals surface area (Å²) in [7, 11) is 0. The van der Waals surface area contributed by atoms with E-state index in [0.29, 0.717) is 16.3 Å². The van der Waals surface area contributed by atoms with Crippen LogP contribution in [0.15, 0.2) is 85.5 Å². The van der Waals surface area contributed by atoms with Gasteiger partial charge in [0.1, 0.15) is 17.2 Å². The normalized spacial score (nSPS) is 11.4. The van der Waals surface area contributed by atoms with Crippen LogP contribution in [0.5, 0.6) is 0 Å². The average Bonchev–Trinajstić information content (AvgIpc) is 3.48. The van der Waals surface area contributed by atoms with E-state index in [4.69, 9.17) is 16.6 Å².